The highest BCUT2D eigenvalue weighted by Crippen LogP contribution is 2.26. The van der Waals surface area contributed by atoms with Crippen molar-refractivity contribution < 1.29 is 19.4 Å². The monoisotopic (exact) mass is 309 g/mol. The SMILES string of the molecule is CCC1COCCN1C(=O)c1cc(C)c(/C=C/C(=O)O)s1. The smallest absolute Gasteiger partial charge is 0.328 e. The number of carboxylic acid groups (broad SMARTS) is 1. The molecule has 6 heteroatoms. The summed E-state index contributed by atoms with van der Waals surface area (Å²) < 4.78 is 5.42. The molecule has 1 fully saturated rings. The molecular weight excluding hydrogens is 290 g/mol. The minimum atomic E-state index is -0.991. The predicted molar refractivity (Wildman–Crippen MR) is 81.7 cm³/mol. The number of hydrogen-bond acceptors (Lipinski definition) is 4. The highest BCUT2D eigenvalue weighted by atomic mass is 32.1. The number of hydrogen-bond donors (Lipinski definition) is 1. The van der Waals surface area contributed by atoms with Gasteiger partial charge in [0, 0.05) is 17.5 Å². The average Bonchev–Trinajstić information content (AvgIpc) is 2.85. The van der Waals surface area contributed by atoms with Crippen LogP contribution in [0.2, 0.25) is 0 Å². The van der Waals surface area contributed by atoms with Crippen molar-refractivity contribution in [1.82, 2.24) is 4.90 Å². The highest BCUT2D eigenvalue weighted by molar-refractivity contribution is 7.15. The van der Waals surface area contributed by atoms with Crippen LogP contribution in [0.4, 0.5) is 0 Å². The van der Waals surface area contributed by atoms with Gasteiger partial charge in [-0.15, -0.1) is 11.3 Å². The van der Waals surface area contributed by atoms with Crippen molar-refractivity contribution in [1.29, 1.82) is 0 Å². The molecule has 0 radical (unpaired) electrons. The Bertz CT molecular complexity index is 564. The van der Waals surface area contributed by atoms with Crippen LogP contribution in [0, 0.1) is 6.92 Å². The maximum absolute atomic E-state index is 12.6. The number of amides is 1. The molecule has 0 spiro atoms. The maximum atomic E-state index is 12.6. The Kier molecular flexibility index (Phi) is 5.14. The van der Waals surface area contributed by atoms with Gasteiger partial charge < -0.3 is 14.7 Å². The minimum absolute atomic E-state index is 0.00762. The third-order valence-electron chi connectivity index (χ3n) is 3.50. The van der Waals surface area contributed by atoms with E-state index < -0.39 is 5.97 Å². The lowest BCUT2D eigenvalue weighted by Crippen LogP contribution is -2.48. The van der Waals surface area contributed by atoms with E-state index in [0.717, 1.165) is 22.9 Å². The van der Waals surface area contributed by atoms with E-state index in [2.05, 4.69) is 0 Å². The zero-order valence-electron chi connectivity index (χ0n) is 12.2. The summed E-state index contributed by atoms with van der Waals surface area (Å²) in [7, 11) is 0. The number of morpholine rings is 1. The molecule has 1 amide bonds. The first-order chi connectivity index (χ1) is 10.0. The molecule has 1 aromatic heterocycles. The van der Waals surface area contributed by atoms with Crippen LogP contribution < -0.4 is 0 Å². The van der Waals surface area contributed by atoms with Crippen LogP contribution in [0.1, 0.15) is 33.5 Å². The van der Waals surface area contributed by atoms with Crippen LogP contribution in [0.3, 0.4) is 0 Å². The van der Waals surface area contributed by atoms with Crippen LogP contribution in [0.5, 0.6) is 0 Å². The van der Waals surface area contributed by atoms with Crippen molar-refractivity contribution in [3.63, 3.8) is 0 Å². The van der Waals surface area contributed by atoms with Crippen LogP contribution in [-0.4, -0.2) is 47.7 Å². The van der Waals surface area contributed by atoms with Gasteiger partial charge in [0.25, 0.3) is 5.91 Å². The fraction of sp³-hybridized carbons (Fsp3) is 0.467. The third-order valence-corrected chi connectivity index (χ3v) is 4.69. The number of nitrogens with zero attached hydrogens (tertiary/aromatic N) is 1. The first-order valence-electron chi connectivity index (χ1n) is 6.93. The Hall–Kier alpha value is -1.66. The van der Waals surface area contributed by atoms with Gasteiger partial charge >= 0.3 is 5.97 Å². The van der Waals surface area contributed by atoms with E-state index in [1.807, 2.05) is 24.8 Å². The summed E-state index contributed by atoms with van der Waals surface area (Å²) in [5.74, 6) is -0.983. The number of aliphatic carboxylic acids is 1. The average molecular weight is 309 g/mol. The Labute approximate surface area is 127 Å². The van der Waals surface area contributed by atoms with E-state index in [1.165, 1.54) is 17.4 Å². The van der Waals surface area contributed by atoms with Crippen LogP contribution in [0.15, 0.2) is 12.1 Å². The number of carboxylic acids is 1. The molecule has 0 bridgehead atoms. The summed E-state index contributed by atoms with van der Waals surface area (Å²) in [6, 6.07) is 1.95. The molecule has 1 saturated heterocycles. The van der Waals surface area contributed by atoms with E-state index in [1.54, 1.807) is 0 Å². The molecule has 1 aliphatic rings. The number of carbonyl (C=O) groups is 2. The second-order valence-electron chi connectivity index (χ2n) is 4.97. The molecule has 1 N–H and O–H groups in total. The van der Waals surface area contributed by atoms with E-state index >= 15 is 0 Å². The molecule has 21 heavy (non-hydrogen) atoms. The summed E-state index contributed by atoms with van der Waals surface area (Å²) in [5, 5.41) is 8.68. The fourth-order valence-corrected chi connectivity index (χ4v) is 3.35. The number of thiophene rings is 1. The van der Waals surface area contributed by atoms with Crippen molar-refractivity contribution in [2.75, 3.05) is 19.8 Å². The predicted octanol–water partition coefficient (Wildman–Crippen LogP) is 2.41. The Morgan fingerprint density at radius 1 is 1.57 bits per heavy atom. The van der Waals surface area contributed by atoms with Crippen molar-refractivity contribution in [2.45, 2.75) is 26.3 Å². The molecule has 0 aliphatic carbocycles. The largest absolute Gasteiger partial charge is 0.478 e. The van der Waals surface area contributed by atoms with Crippen LogP contribution in [0.25, 0.3) is 6.08 Å². The van der Waals surface area contributed by atoms with Gasteiger partial charge in [-0.3, -0.25) is 4.79 Å². The molecule has 1 unspecified atom stereocenters. The van der Waals surface area contributed by atoms with Crippen molar-refractivity contribution in [3.8, 4) is 0 Å². The number of carbonyl (C=O) groups excluding carboxylic acids is 1. The van der Waals surface area contributed by atoms with Gasteiger partial charge in [-0.2, -0.15) is 0 Å². The van der Waals surface area contributed by atoms with Gasteiger partial charge in [0.15, 0.2) is 0 Å². The normalized spacial score (nSPS) is 19.1. The van der Waals surface area contributed by atoms with Gasteiger partial charge in [-0.05, 0) is 31.1 Å². The minimum Gasteiger partial charge on any atom is -0.478 e. The molecule has 1 aromatic rings. The summed E-state index contributed by atoms with van der Waals surface area (Å²) in [6.45, 7) is 5.68. The quantitative estimate of drug-likeness (QED) is 0.867. The molecule has 5 nitrogen and oxygen atoms in total. The molecular formula is C15H19NO4S. The van der Waals surface area contributed by atoms with E-state index in [9.17, 15) is 9.59 Å². The van der Waals surface area contributed by atoms with Crippen molar-refractivity contribution >= 4 is 29.3 Å². The Morgan fingerprint density at radius 3 is 3.00 bits per heavy atom. The standard InChI is InChI=1S/C15H19NO4S/c1-3-11-9-20-7-6-16(11)15(19)13-8-10(2)12(21-13)4-5-14(17)18/h4-5,8,11H,3,6-7,9H2,1-2H3,(H,17,18)/b5-4+. The summed E-state index contributed by atoms with van der Waals surface area (Å²) in [4.78, 5) is 26.5. The number of ether oxygens (including phenoxy) is 1. The molecule has 2 heterocycles. The van der Waals surface area contributed by atoms with Gasteiger partial charge in [-0.25, -0.2) is 4.79 Å². The first kappa shape index (κ1) is 15.7. The van der Waals surface area contributed by atoms with Crippen molar-refractivity contribution in [3.05, 3.63) is 27.5 Å². The number of aryl methyl sites for hydroxylation is 1. The molecule has 0 saturated carbocycles. The van der Waals surface area contributed by atoms with E-state index in [-0.39, 0.29) is 11.9 Å². The fourth-order valence-electron chi connectivity index (χ4n) is 2.32. The van der Waals surface area contributed by atoms with E-state index in [4.69, 9.17) is 9.84 Å². The van der Waals surface area contributed by atoms with Crippen LogP contribution in [-0.2, 0) is 9.53 Å². The molecule has 1 atom stereocenters. The lowest BCUT2D eigenvalue weighted by molar-refractivity contribution is -0.131. The zero-order chi connectivity index (χ0) is 15.4. The zero-order valence-corrected chi connectivity index (χ0v) is 13.0. The summed E-state index contributed by atoms with van der Waals surface area (Å²) in [6.07, 6.45) is 3.49. The first-order valence-corrected chi connectivity index (χ1v) is 7.74. The van der Waals surface area contributed by atoms with Crippen molar-refractivity contribution in [2.24, 2.45) is 0 Å². The third kappa shape index (κ3) is 3.71. The molecule has 114 valence electrons. The molecule has 0 aromatic carbocycles. The second kappa shape index (κ2) is 6.87. The highest BCUT2D eigenvalue weighted by Gasteiger charge is 2.27. The number of rotatable bonds is 4. The van der Waals surface area contributed by atoms with Crippen LogP contribution >= 0.6 is 11.3 Å². The summed E-state index contributed by atoms with van der Waals surface area (Å²) in [5.41, 5.74) is 0.919. The van der Waals surface area contributed by atoms with E-state index in [0.29, 0.717) is 24.6 Å². The topological polar surface area (TPSA) is 66.8 Å². The second-order valence-corrected chi connectivity index (χ2v) is 6.05. The summed E-state index contributed by atoms with van der Waals surface area (Å²) >= 11 is 1.33. The van der Waals surface area contributed by atoms with Gasteiger partial charge in [0.2, 0.25) is 0 Å². The lowest BCUT2D eigenvalue weighted by Gasteiger charge is -2.34. The molecule has 1 aliphatic heterocycles. The van der Waals surface area contributed by atoms with Gasteiger partial charge in [0.05, 0.1) is 24.1 Å². The Balaban J connectivity index is 2.19. The Morgan fingerprint density at radius 2 is 2.33 bits per heavy atom. The molecule has 2 rings (SSSR count). The van der Waals surface area contributed by atoms with Gasteiger partial charge in [0.1, 0.15) is 0 Å². The lowest BCUT2D eigenvalue weighted by atomic mass is 10.1. The maximum Gasteiger partial charge on any atom is 0.328 e. The van der Waals surface area contributed by atoms with Gasteiger partial charge in [-0.1, -0.05) is 6.92 Å².